The molecule has 0 spiro atoms. The van der Waals surface area contributed by atoms with E-state index >= 15 is 0 Å². The number of nitrogens with zero attached hydrogens (tertiary/aromatic N) is 2. The van der Waals surface area contributed by atoms with Gasteiger partial charge in [0.05, 0.1) is 18.6 Å². The van der Waals surface area contributed by atoms with Crippen LogP contribution >= 0.6 is 0 Å². The number of aryl methyl sites for hydroxylation is 1. The second kappa shape index (κ2) is 5.68. The molecule has 0 saturated carbocycles. The molecule has 1 aliphatic heterocycles. The molecule has 7 nitrogen and oxygen atoms in total. The van der Waals surface area contributed by atoms with Gasteiger partial charge in [-0.1, -0.05) is 0 Å². The van der Waals surface area contributed by atoms with Crippen LogP contribution in [0.1, 0.15) is 21.6 Å². The minimum Gasteiger partial charge on any atom is -0.482 e. The van der Waals surface area contributed by atoms with Gasteiger partial charge in [-0.2, -0.15) is 0 Å². The summed E-state index contributed by atoms with van der Waals surface area (Å²) in [5, 5.41) is 2.65. The maximum Gasteiger partial charge on any atom is 0.262 e. The molecule has 0 fully saturated rings. The molecule has 118 valence electrons. The van der Waals surface area contributed by atoms with Gasteiger partial charge in [-0.15, -0.1) is 0 Å². The first-order valence-electron chi connectivity index (χ1n) is 7.08. The number of hydrogen-bond acceptors (Lipinski definition) is 5. The quantitative estimate of drug-likeness (QED) is 0.856. The van der Waals surface area contributed by atoms with Gasteiger partial charge in [-0.25, -0.2) is 4.98 Å². The molecular weight excluding hydrogens is 298 g/mol. The number of anilines is 1. The Kier molecular flexibility index (Phi) is 3.69. The number of amides is 1. The van der Waals surface area contributed by atoms with Crippen LogP contribution in [0.15, 0.2) is 29.3 Å². The molecule has 2 aromatic rings. The van der Waals surface area contributed by atoms with Gasteiger partial charge in [-0.05, 0) is 32.0 Å². The van der Waals surface area contributed by atoms with E-state index in [2.05, 4.69) is 10.3 Å². The monoisotopic (exact) mass is 313 g/mol. The number of ether oxygens (including phenoxy) is 1. The average Bonchev–Trinajstić information content (AvgIpc) is 2.54. The number of hydrogen-bond donors (Lipinski definition) is 1. The van der Waals surface area contributed by atoms with Gasteiger partial charge in [0.1, 0.15) is 5.75 Å². The standard InChI is InChI=1S/C16H15N3O4/c1-9-10(2)17-8-19(16(9)22)6-13(20)11-3-4-14-12(5-11)18-15(21)7-23-14/h3-5,8H,6-7H2,1-2H3,(H,18,21). The van der Waals surface area contributed by atoms with Crippen molar-refractivity contribution in [1.82, 2.24) is 9.55 Å². The summed E-state index contributed by atoms with van der Waals surface area (Å²) in [6.07, 6.45) is 1.37. The molecule has 0 aliphatic carbocycles. The smallest absolute Gasteiger partial charge is 0.262 e. The summed E-state index contributed by atoms with van der Waals surface area (Å²) < 4.78 is 6.53. The van der Waals surface area contributed by atoms with Crippen molar-refractivity contribution < 1.29 is 14.3 Å². The van der Waals surface area contributed by atoms with Crippen LogP contribution < -0.4 is 15.6 Å². The van der Waals surface area contributed by atoms with Crippen LogP contribution in [0, 0.1) is 13.8 Å². The zero-order chi connectivity index (χ0) is 16.6. The number of Topliss-reactive ketones (excluding diaryl/α,β-unsaturated/α-hetero) is 1. The van der Waals surface area contributed by atoms with Crippen molar-refractivity contribution in [1.29, 1.82) is 0 Å². The van der Waals surface area contributed by atoms with Gasteiger partial charge >= 0.3 is 0 Å². The zero-order valence-corrected chi connectivity index (χ0v) is 12.8. The number of nitrogens with one attached hydrogen (secondary N) is 1. The third-order valence-corrected chi connectivity index (χ3v) is 3.76. The number of carbonyl (C=O) groups is 2. The Balaban J connectivity index is 1.87. The van der Waals surface area contributed by atoms with E-state index in [1.54, 1.807) is 32.0 Å². The number of carbonyl (C=O) groups excluding carboxylic acids is 2. The van der Waals surface area contributed by atoms with Gasteiger partial charge in [-0.3, -0.25) is 19.0 Å². The SMILES string of the molecule is Cc1ncn(CC(=O)c2ccc3c(c2)NC(=O)CO3)c(=O)c1C. The molecule has 0 bridgehead atoms. The largest absolute Gasteiger partial charge is 0.482 e. The van der Waals surface area contributed by atoms with E-state index in [0.717, 1.165) is 0 Å². The molecule has 1 amide bonds. The zero-order valence-electron chi connectivity index (χ0n) is 12.8. The van der Waals surface area contributed by atoms with E-state index < -0.39 is 0 Å². The summed E-state index contributed by atoms with van der Waals surface area (Å²) in [4.78, 5) is 40.0. The summed E-state index contributed by atoms with van der Waals surface area (Å²) in [7, 11) is 0. The highest BCUT2D eigenvalue weighted by Gasteiger charge is 2.18. The molecular formula is C16H15N3O4. The number of aromatic nitrogens is 2. The van der Waals surface area contributed by atoms with Crippen LogP contribution in [-0.2, 0) is 11.3 Å². The first-order valence-corrected chi connectivity index (χ1v) is 7.08. The van der Waals surface area contributed by atoms with E-state index in [0.29, 0.717) is 28.3 Å². The van der Waals surface area contributed by atoms with Crippen molar-refractivity contribution in [3.05, 3.63) is 51.7 Å². The highest BCUT2D eigenvalue weighted by Crippen LogP contribution is 2.28. The minimum atomic E-state index is -0.267. The van der Waals surface area contributed by atoms with Gasteiger partial charge in [0.15, 0.2) is 12.4 Å². The van der Waals surface area contributed by atoms with Crippen LogP contribution in [0.3, 0.4) is 0 Å². The van der Waals surface area contributed by atoms with Gasteiger partial charge < -0.3 is 10.1 Å². The minimum absolute atomic E-state index is 0.0377. The summed E-state index contributed by atoms with van der Waals surface area (Å²) in [5.41, 5.74) is 1.77. The predicted octanol–water partition coefficient (Wildman–Crippen LogP) is 1.07. The van der Waals surface area contributed by atoms with Crippen molar-refractivity contribution in [2.75, 3.05) is 11.9 Å². The third kappa shape index (κ3) is 2.85. The number of fused-ring (bicyclic) bond motifs is 1. The van der Waals surface area contributed by atoms with E-state index in [1.165, 1.54) is 10.9 Å². The molecule has 1 N–H and O–H groups in total. The van der Waals surface area contributed by atoms with E-state index in [1.807, 2.05) is 0 Å². The Labute approximate surface area is 131 Å². The molecule has 2 heterocycles. The summed E-state index contributed by atoms with van der Waals surface area (Å²) in [5.74, 6) is 0.00242. The molecule has 7 heteroatoms. The fourth-order valence-electron chi connectivity index (χ4n) is 2.29. The van der Waals surface area contributed by atoms with Gasteiger partial charge in [0.25, 0.3) is 11.5 Å². The van der Waals surface area contributed by atoms with Crippen LogP contribution in [-0.4, -0.2) is 27.8 Å². The van der Waals surface area contributed by atoms with Crippen LogP contribution in [0.25, 0.3) is 0 Å². The van der Waals surface area contributed by atoms with Crippen molar-refractivity contribution in [3.8, 4) is 5.75 Å². The Morgan fingerprint density at radius 1 is 1.35 bits per heavy atom. The molecule has 0 atom stereocenters. The molecule has 0 unspecified atom stereocenters. The fraction of sp³-hybridized carbons (Fsp3) is 0.250. The van der Waals surface area contributed by atoms with Crippen molar-refractivity contribution in [2.24, 2.45) is 0 Å². The maximum atomic E-state index is 12.4. The Hall–Kier alpha value is -2.96. The third-order valence-electron chi connectivity index (χ3n) is 3.76. The maximum absolute atomic E-state index is 12.4. The summed E-state index contributed by atoms with van der Waals surface area (Å²) in [6, 6.07) is 4.79. The first kappa shape index (κ1) is 15.0. The lowest BCUT2D eigenvalue weighted by molar-refractivity contribution is -0.118. The molecule has 1 aliphatic rings. The summed E-state index contributed by atoms with van der Waals surface area (Å²) >= 11 is 0. The van der Waals surface area contributed by atoms with Gasteiger partial charge in [0.2, 0.25) is 0 Å². The highest BCUT2D eigenvalue weighted by molar-refractivity contribution is 6.00. The van der Waals surface area contributed by atoms with E-state index in [9.17, 15) is 14.4 Å². The Morgan fingerprint density at radius 2 is 2.13 bits per heavy atom. The normalized spacial score (nSPS) is 13.0. The predicted molar refractivity (Wildman–Crippen MR) is 82.9 cm³/mol. The van der Waals surface area contributed by atoms with Crippen LogP contribution in [0.4, 0.5) is 5.69 Å². The molecule has 0 saturated heterocycles. The van der Waals surface area contributed by atoms with E-state index in [4.69, 9.17) is 4.74 Å². The Bertz CT molecular complexity index is 870. The lowest BCUT2D eigenvalue weighted by atomic mass is 10.1. The van der Waals surface area contributed by atoms with Crippen molar-refractivity contribution >= 4 is 17.4 Å². The molecule has 0 radical (unpaired) electrons. The number of ketones is 1. The number of benzene rings is 1. The summed E-state index contributed by atoms with van der Waals surface area (Å²) in [6.45, 7) is 3.27. The molecule has 1 aromatic carbocycles. The van der Waals surface area contributed by atoms with Crippen molar-refractivity contribution in [2.45, 2.75) is 20.4 Å². The van der Waals surface area contributed by atoms with Crippen molar-refractivity contribution in [3.63, 3.8) is 0 Å². The molecule has 1 aromatic heterocycles. The van der Waals surface area contributed by atoms with Crippen LogP contribution in [0.5, 0.6) is 5.75 Å². The second-order valence-corrected chi connectivity index (χ2v) is 5.36. The fourth-order valence-corrected chi connectivity index (χ4v) is 2.29. The van der Waals surface area contributed by atoms with E-state index in [-0.39, 0.29) is 30.4 Å². The highest BCUT2D eigenvalue weighted by atomic mass is 16.5. The first-order chi connectivity index (χ1) is 11.0. The topological polar surface area (TPSA) is 90.3 Å². The second-order valence-electron chi connectivity index (χ2n) is 5.36. The number of rotatable bonds is 3. The average molecular weight is 313 g/mol. The van der Waals surface area contributed by atoms with Crippen LogP contribution in [0.2, 0.25) is 0 Å². The Morgan fingerprint density at radius 3 is 2.91 bits per heavy atom. The molecule has 23 heavy (non-hydrogen) atoms. The lowest BCUT2D eigenvalue weighted by Crippen LogP contribution is -2.28. The lowest BCUT2D eigenvalue weighted by Gasteiger charge is -2.18. The van der Waals surface area contributed by atoms with Gasteiger partial charge in [0, 0.05) is 16.8 Å². The molecule has 3 rings (SSSR count).